The molecule has 0 spiro atoms. The molecule has 1 aromatic heterocycles. The van der Waals surface area contributed by atoms with Crippen LogP contribution in [0.15, 0.2) is 36.5 Å². The third-order valence-electron chi connectivity index (χ3n) is 3.00. The second-order valence-electron chi connectivity index (χ2n) is 4.61. The van der Waals surface area contributed by atoms with Gasteiger partial charge < -0.3 is 15.2 Å². The molecule has 0 amide bonds. The van der Waals surface area contributed by atoms with Crippen molar-refractivity contribution in [2.24, 2.45) is 0 Å². The Balaban J connectivity index is 1.94. The molecule has 20 heavy (non-hydrogen) atoms. The maximum atomic E-state index is 10.1. The highest BCUT2D eigenvalue weighted by Crippen LogP contribution is 2.29. The van der Waals surface area contributed by atoms with Gasteiger partial charge in [-0.05, 0) is 31.5 Å². The van der Waals surface area contributed by atoms with Gasteiger partial charge in [0.05, 0.1) is 6.61 Å². The first-order valence-corrected chi connectivity index (χ1v) is 6.76. The molecule has 0 unspecified atom stereocenters. The average molecular weight is 272 g/mol. The Kier molecular flexibility index (Phi) is 4.96. The van der Waals surface area contributed by atoms with Gasteiger partial charge in [-0.2, -0.15) is 0 Å². The molecule has 2 rings (SSSR count). The zero-order valence-electron chi connectivity index (χ0n) is 11.9. The number of ether oxygens (including phenoxy) is 1. The van der Waals surface area contributed by atoms with Gasteiger partial charge in [-0.15, -0.1) is 0 Å². The standard InChI is InChI=1S/C16H20N2O2/c1-3-20-15-6-4-5-14(16(15)19)11-17-9-13-8-7-12(2)18-10-13/h4-8,10,17,19H,3,9,11H2,1-2H3. The molecule has 0 bridgehead atoms. The van der Waals surface area contributed by atoms with E-state index in [9.17, 15) is 5.11 Å². The van der Waals surface area contributed by atoms with Crippen LogP contribution in [0.5, 0.6) is 11.5 Å². The van der Waals surface area contributed by atoms with E-state index in [1.165, 1.54) is 0 Å². The number of nitrogens with one attached hydrogen (secondary N) is 1. The Morgan fingerprint density at radius 2 is 2.05 bits per heavy atom. The normalized spacial score (nSPS) is 10.5. The number of aryl methyl sites for hydroxylation is 1. The molecule has 0 saturated carbocycles. The third-order valence-corrected chi connectivity index (χ3v) is 3.00. The highest BCUT2D eigenvalue weighted by molar-refractivity contribution is 5.45. The van der Waals surface area contributed by atoms with E-state index in [-0.39, 0.29) is 5.75 Å². The largest absolute Gasteiger partial charge is 0.504 e. The van der Waals surface area contributed by atoms with Crippen LogP contribution in [0.25, 0.3) is 0 Å². The molecule has 4 nitrogen and oxygen atoms in total. The number of hydrogen-bond donors (Lipinski definition) is 2. The number of benzene rings is 1. The second kappa shape index (κ2) is 6.91. The van der Waals surface area contributed by atoms with Crippen molar-refractivity contribution >= 4 is 0 Å². The van der Waals surface area contributed by atoms with Crippen LogP contribution in [-0.2, 0) is 13.1 Å². The van der Waals surface area contributed by atoms with E-state index in [0.717, 1.165) is 16.8 Å². The minimum Gasteiger partial charge on any atom is -0.504 e. The topological polar surface area (TPSA) is 54.4 Å². The molecule has 106 valence electrons. The molecule has 0 aliphatic rings. The van der Waals surface area contributed by atoms with Crippen molar-refractivity contribution < 1.29 is 9.84 Å². The summed E-state index contributed by atoms with van der Waals surface area (Å²) in [4.78, 5) is 4.25. The molecular formula is C16H20N2O2. The van der Waals surface area contributed by atoms with E-state index in [1.54, 1.807) is 6.07 Å². The van der Waals surface area contributed by atoms with Crippen molar-refractivity contribution in [1.82, 2.24) is 10.3 Å². The summed E-state index contributed by atoms with van der Waals surface area (Å²) in [6.45, 7) is 5.70. The first kappa shape index (κ1) is 14.3. The molecule has 0 aliphatic heterocycles. The van der Waals surface area contributed by atoms with E-state index >= 15 is 0 Å². The summed E-state index contributed by atoms with van der Waals surface area (Å²) in [5.74, 6) is 0.743. The average Bonchev–Trinajstić information content (AvgIpc) is 2.45. The van der Waals surface area contributed by atoms with Gasteiger partial charge in [-0.1, -0.05) is 18.2 Å². The van der Waals surface area contributed by atoms with Crippen molar-refractivity contribution in [3.63, 3.8) is 0 Å². The van der Waals surface area contributed by atoms with Crippen molar-refractivity contribution in [2.75, 3.05) is 6.61 Å². The summed E-state index contributed by atoms with van der Waals surface area (Å²) in [7, 11) is 0. The van der Waals surface area contributed by atoms with E-state index in [0.29, 0.717) is 25.4 Å². The minimum atomic E-state index is 0.212. The van der Waals surface area contributed by atoms with Crippen LogP contribution in [0.1, 0.15) is 23.7 Å². The van der Waals surface area contributed by atoms with E-state index < -0.39 is 0 Å². The van der Waals surface area contributed by atoms with Crippen LogP contribution in [-0.4, -0.2) is 16.7 Å². The number of aromatic hydroxyl groups is 1. The summed E-state index contributed by atoms with van der Waals surface area (Å²) in [6, 6.07) is 9.58. The van der Waals surface area contributed by atoms with Crippen LogP contribution < -0.4 is 10.1 Å². The monoisotopic (exact) mass is 272 g/mol. The van der Waals surface area contributed by atoms with E-state index in [2.05, 4.69) is 10.3 Å². The van der Waals surface area contributed by atoms with Gasteiger partial charge in [0.1, 0.15) is 0 Å². The number of para-hydroxylation sites is 1. The smallest absolute Gasteiger partial charge is 0.162 e. The number of pyridine rings is 1. The molecule has 1 heterocycles. The zero-order valence-corrected chi connectivity index (χ0v) is 11.9. The molecular weight excluding hydrogens is 252 g/mol. The van der Waals surface area contributed by atoms with Crippen molar-refractivity contribution in [1.29, 1.82) is 0 Å². The number of nitrogens with zero attached hydrogens (tertiary/aromatic N) is 1. The fourth-order valence-corrected chi connectivity index (χ4v) is 1.93. The summed E-state index contributed by atoms with van der Waals surface area (Å²) in [5.41, 5.74) is 2.96. The van der Waals surface area contributed by atoms with E-state index in [4.69, 9.17) is 4.74 Å². The Labute approximate surface area is 119 Å². The lowest BCUT2D eigenvalue weighted by atomic mass is 10.1. The lowest BCUT2D eigenvalue weighted by molar-refractivity contribution is 0.316. The van der Waals surface area contributed by atoms with Gasteiger partial charge in [-0.25, -0.2) is 0 Å². The predicted molar refractivity (Wildman–Crippen MR) is 78.8 cm³/mol. The van der Waals surface area contributed by atoms with Crippen LogP contribution in [0.2, 0.25) is 0 Å². The number of phenolic OH excluding ortho intramolecular Hbond substituents is 1. The number of phenols is 1. The molecule has 2 N–H and O–H groups in total. The van der Waals surface area contributed by atoms with Crippen molar-refractivity contribution in [2.45, 2.75) is 26.9 Å². The van der Waals surface area contributed by atoms with Crippen LogP contribution >= 0.6 is 0 Å². The van der Waals surface area contributed by atoms with Gasteiger partial charge in [0.2, 0.25) is 0 Å². The fraction of sp³-hybridized carbons (Fsp3) is 0.312. The summed E-state index contributed by atoms with van der Waals surface area (Å²) >= 11 is 0. The molecule has 0 atom stereocenters. The first-order chi connectivity index (χ1) is 9.70. The van der Waals surface area contributed by atoms with Crippen molar-refractivity contribution in [3.05, 3.63) is 53.3 Å². The first-order valence-electron chi connectivity index (χ1n) is 6.76. The Morgan fingerprint density at radius 1 is 1.20 bits per heavy atom. The quantitative estimate of drug-likeness (QED) is 0.849. The van der Waals surface area contributed by atoms with Gasteiger partial charge in [0.15, 0.2) is 11.5 Å². The highest BCUT2D eigenvalue weighted by Gasteiger charge is 2.07. The molecule has 4 heteroatoms. The minimum absolute atomic E-state index is 0.212. The number of aromatic nitrogens is 1. The van der Waals surface area contributed by atoms with Gasteiger partial charge in [0, 0.05) is 30.5 Å². The molecule has 0 radical (unpaired) electrons. The summed E-state index contributed by atoms with van der Waals surface area (Å²) in [6.07, 6.45) is 1.86. The Hall–Kier alpha value is -2.07. The lowest BCUT2D eigenvalue weighted by Gasteiger charge is -2.11. The lowest BCUT2D eigenvalue weighted by Crippen LogP contribution is -2.13. The maximum absolute atomic E-state index is 10.1. The van der Waals surface area contributed by atoms with Crippen LogP contribution in [0.3, 0.4) is 0 Å². The van der Waals surface area contributed by atoms with Crippen LogP contribution in [0, 0.1) is 6.92 Å². The fourth-order valence-electron chi connectivity index (χ4n) is 1.93. The molecule has 2 aromatic rings. The van der Waals surface area contributed by atoms with Crippen molar-refractivity contribution in [3.8, 4) is 11.5 Å². The Morgan fingerprint density at radius 3 is 2.75 bits per heavy atom. The second-order valence-corrected chi connectivity index (χ2v) is 4.61. The predicted octanol–water partition coefficient (Wildman–Crippen LogP) is 2.78. The molecule has 0 saturated heterocycles. The molecule has 0 aliphatic carbocycles. The van der Waals surface area contributed by atoms with Gasteiger partial charge >= 0.3 is 0 Å². The summed E-state index contributed by atoms with van der Waals surface area (Å²) < 4.78 is 5.37. The third kappa shape index (κ3) is 3.71. The number of hydrogen-bond acceptors (Lipinski definition) is 4. The van der Waals surface area contributed by atoms with Gasteiger partial charge in [-0.3, -0.25) is 4.98 Å². The van der Waals surface area contributed by atoms with E-state index in [1.807, 2.05) is 44.3 Å². The molecule has 0 fully saturated rings. The van der Waals surface area contributed by atoms with Crippen LogP contribution in [0.4, 0.5) is 0 Å². The number of rotatable bonds is 6. The SMILES string of the molecule is CCOc1cccc(CNCc2ccc(C)nc2)c1O. The Bertz CT molecular complexity index is 553. The maximum Gasteiger partial charge on any atom is 0.162 e. The zero-order chi connectivity index (χ0) is 14.4. The molecule has 1 aromatic carbocycles. The summed E-state index contributed by atoms with van der Waals surface area (Å²) in [5, 5.41) is 13.4. The van der Waals surface area contributed by atoms with Gasteiger partial charge in [0.25, 0.3) is 0 Å². The highest BCUT2D eigenvalue weighted by atomic mass is 16.5.